The third-order valence-corrected chi connectivity index (χ3v) is 2.17. The first kappa shape index (κ1) is 9.45. The lowest BCUT2D eigenvalue weighted by atomic mass is 10.1. The molecule has 4 heteroatoms. The molecule has 0 aliphatic carbocycles. The van der Waals surface area contributed by atoms with Crippen molar-refractivity contribution in [2.45, 2.75) is 0 Å². The van der Waals surface area contributed by atoms with Gasteiger partial charge in [0, 0.05) is 23.2 Å². The largest absolute Gasteiger partial charge is 0.507 e. The first-order valence-corrected chi connectivity index (χ1v) is 4.38. The number of methoxy groups -OCH3 is 1. The Balaban J connectivity index is 2.80. The molecule has 0 saturated carbocycles. The van der Waals surface area contributed by atoms with Crippen LogP contribution in [0.5, 0.6) is 5.75 Å². The molecule has 0 aliphatic rings. The zero-order valence-electron chi connectivity index (χ0n) is 8.10. The number of hydrogen-bond acceptors (Lipinski definition) is 4. The maximum absolute atomic E-state index is 11.4. The van der Waals surface area contributed by atoms with Crippen LogP contribution in [0.4, 0.5) is 0 Å². The lowest BCUT2D eigenvalue weighted by molar-refractivity contribution is 0.0602. The van der Waals surface area contributed by atoms with Crippen LogP contribution in [0.25, 0.3) is 10.8 Å². The van der Waals surface area contributed by atoms with Crippen molar-refractivity contribution in [3.8, 4) is 5.75 Å². The van der Waals surface area contributed by atoms with Crippen LogP contribution in [0.3, 0.4) is 0 Å². The topological polar surface area (TPSA) is 59.4 Å². The van der Waals surface area contributed by atoms with E-state index < -0.39 is 5.97 Å². The van der Waals surface area contributed by atoms with Gasteiger partial charge < -0.3 is 9.84 Å². The van der Waals surface area contributed by atoms with Crippen molar-refractivity contribution in [1.29, 1.82) is 0 Å². The number of ether oxygens (including phenoxy) is 1. The predicted octanol–water partition coefficient (Wildman–Crippen LogP) is 1.73. The molecule has 1 aromatic heterocycles. The van der Waals surface area contributed by atoms with Crippen molar-refractivity contribution < 1.29 is 14.6 Å². The number of aromatic nitrogens is 1. The fourth-order valence-electron chi connectivity index (χ4n) is 1.48. The molecule has 0 unspecified atom stereocenters. The fourth-order valence-corrected chi connectivity index (χ4v) is 1.48. The molecule has 0 fully saturated rings. The third kappa shape index (κ3) is 1.50. The Morgan fingerprint density at radius 2 is 2.20 bits per heavy atom. The highest BCUT2D eigenvalue weighted by Gasteiger charge is 2.13. The molecule has 2 aromatic rings. The summed E-state index contributed by atoms with van der Waals surface area (Å²) in [5.41, 5.74) is 0.271. The second-order valence-corrected chi connectivity index (χ2v) is 3.05. The number of phenolic OH excluding ortho intramolecular Hbond substituents is 1. The highest BCUT2D eigenvalue weighted by atomic mass is 16.5. The Bertz CT molecular complexity index is 517. The summed E-state index contributed by atoms with van der Waals surface area (Å²) >= 11 is 0. The first-order valence-electron chi connectivity index (χ1n) is 4.38. The van der Waals surface area contributed by atoms with E-state index in [0.29, 0.717) is 10.8 Å². The number of esters is 1. The molecule has 1 heterocycles. The minimum absolute atomic E-state index is 0.0512. The second-order valence-electron chi connectivity index (χ2n) is 3.05. The molecule has 0 spiro atoms. The molecule has 15 heavy (non-hydrogen) atoms. The summed E-state index contributed by atoms with van der Waals surface area (Å²) in [6.45, 7) is 0. The van der Waals surface area contributed by atoms with Gasteiger partial charge in [0.25, 0.3) is 0 Å². The fraction of sp³-hybridized carbons (Fsp3) is 0.0909. The van der Waals surface area contributed by atoms with Gasteiger partial charge in [-0.3, -0.25) is 4.98 Å². The Kier molecular flexibility index (Phi) is 2.25. The Morgan fingerprint density at radius 3 is 2.93 bits per heavy atom. The van der Waals surface area contributed by atoms with Crippen LogP contribution in [0.2, 0.25) is 0 Å². The lowest BCUT2D eigenvalue weighted by Crippen LogP contribution is -2.02. The minimum Gasteiger partial charge on any atom is -0.507 e. The van der Waals surface area contributed by atoms with Gasteiger partial charge in [-0.2, -0.15) is 0 Å². The standard InChI is InChI=1S/C11H9NO3/c1-15-11(14)8-6-12-5-7-3-2-4-9(13)10(7)8/h2-6,13H,1H3. The average Bonchev–Trinajstić information content (AvgIpc) is 2.28. The van der Waals surface area contributed by atoms with E-state index in [1.165, 1.54) is 19.4 Å². The van der Waals surface area contributed by atoms with Gasteiger partial charge in [-0.05, 0) is 6.07 Å². The molecular formula is C11H9NO3. The highest BCUT2D eigenvalue weighted by molar-refractivity contribution is 6.06. The number of hydrogen-bond donors (Lipinski definition) is 1. The second kappa shape index (κ2) is 3.57. The summed E-state index contributed by atoms with van der Waals surface area (Å²) in [4.78, 5) is 15.3. The molecule has 2 rings (SSSR count). The number of carbonyl (C=O) groups is 1. The van der Waals surface area contributed by atoms with Gasteiger partial charge in [0.15, 0.2) is 0 Å². The molecule has 0 bridgehead atoms. The summed E-state index contributed by atoms with van der Waals surface area (Å²) in [6.07, 6.45) is 2.97. The normalized spacial score (nSPS) is 10.2. The van der Waals surface area contributed by atoms with Crippen LogP contribution in [-0.4, -0.2) is 23.2 Å². The molecule has 76 valence electrons. The van der Waals surface area contributed by atoms with Crippen LogP contribution in [0.1, 0.15) is 10.4 Å². The van der Waals surface area contributed by atoms with E-state index in [0.717, 1.165) is 0 Å². The van der Waals surface area contributed by atoms with E-state index in [1.807, 2.05) is 0 Å². The number of benzene rings is 1. The summed E-state index contributed by atoms with van der Waals surface area (Å²) in [5.74, 6) is -0.454. The number of aromatic hydroxyl groups is 1. The van der Waals surface area contributed by atoms with Gasteiger partial charge in [0.1, 0.15) is 5.75 Å². The van der Waals surface area contributed by atoms with Gasteiger partial charge in [-0.1, -0.05) is 12.1 Å². The molecule has 4 nitrogen and oxygen atoms in total. The molecule has 0 aliphatic heterocycles. The summed E-state index contributed by atoms with van der Waals surface area (Å²) < 4.78 is 4.61. The van der Waals surface area contributed by atoms with Gasteiger partial charge in [-0.15, -0.1) is 0 Å². The average molecular weight is 203 g/mol. The highest BCUT2D eigenvalue weighted by Crippen LogP contribution is 2.27. The van der Waals surface area contributed by atoms with Gasteiger partial charge in [0.2, 0.25) is 0 Å². The molecule has 0 saturated heterocycles. The number of nitrogens with zero attached hydrogens (tertiary/aromatic N) is 1. The third-order valence-electron chi connectivity index (χ3n) is 2.17. The van der Waals surface area contributed by atoms with Gasteiger partial charge >= 0.3 is 5.97 Å². The van der Waals surface area contributed by atoms with E-state index in [1.54, 1.807) is 18.3 Å². The Labute approximate surface area is 86.1 Å². The molecule has 0 amide bonds. The molecule has 0 radical (unpaired) electrons. The van der Waals surface area contributed by atoms with Crippen LogP contribution in [-0.2, 0) is 4.74 Å². The van der Waals surface area contributed by atoms with Crippen LogP contribution in [0.15, 0.2) is 30.6 Å². The van der Waals surface area contributed by atoms with E-state index in [4.69, 9.17) is 0 Å². The Hall–Kier alpha value is -2.10. The van der Waals surface area contributed by atoms with E-state index in [-0.39, 0.29) is 11.3 Å². The first-order chi connectivity index (χ1) is 7.24. The monoisotopic (exact) mass is 203 g/mol. The zero-order valence-corrected chi connectivity index (χ0v) is 8.10. The maximum atomic E-state index is 11.4. The number of phenols is 1. The van der Waals surface area contributed by atoms with Crippen LogP contribution < -0.4 is 0 Å². The lowest BCUT2D eigenvalue weighted by Gasteiger charge is -2.05. The van der Waals surface area contributed by atoms with Crippen molar-refractivity contribution >= 4 is 16.7 Å². The Morgan fingerprint density at radius 1 is 1.40 bits per heavy atom. The van der Waals surface area contributed by atoms with Crippen molar-refractivity contribution in [2.75, 3.05) is 7.11 Å². The van der Waals surface area contributed by atoms with Crippen LogP contribution in [0, 0.1) is 0 Å². The molecule has 1 aromatic carbocycles. The summed E-state index contributed by atoms with van der Waals surface area (Å²) in [6, 6.07) is 4.99. The maximum Gasteiger partial charge on any atom is 0.340 e. The molecule has 1 N–H and O–H groups in total. The van der Waals surface area contributed by atoms with Crippen LogP contribution >= 0.6 is 0 Å². The van der Waals surface area contributed by atoms with E-state index in [9.17, 15) is 9.90 Å². The smallest absolute Gasteiger partial charge is 0.340 e. The van der Waals surface area contributed by atoms with Gasteiger partial charge in [-0.25, -0.2) is 4.79 Å². The minimum atomic E-state index is -0.505. The van der Waals surface area contributed by atoms with E-state index in [2.05, 4.69) is 9.72 Å². The number of pyridine rings is 1. The molecule has 0 atom stereocenters. The van der Waals surface area contributed by atoms with Crippen molar-refractivity contribution in [3.63, 3.8) is 0 Å². The summed E-state index contributed by atoms with van der Waals surface area (Å²) in [5, 5.41) is 10.8. The number of fused-ring (bicyclic) bond motifs is 1. The quantitative estimate of drug-likeness (QED) is 0.717. The number of rotatable bonds is 1. The van der Waals surface area contributed by atoms with E-state index >= 15 is 0 Å². The summed E-state index contributed by atoms with van der Waals surface area (Å²) in [7, 11) is 1.29. The van der Waals surface area contributed by atoms with Crippen molar-refractivity contribution in [1.82, 2.24) is 4.98 Å². The predicted molar refractivity (Wildman–Crippen MR) is 54.7 cm³/mol. The zero-order chi connectivity index (χ0) is 10.8. The SMILES string of the molecule is COC(=O)c1cncc2cccc(O)c12. The van der Waals surface area contributed by atoms with Crippen molar-refractivity contribution in [2.24, 2.45) is 0 Å². The van der Waals surface area contributed by atoms with Crippen molar-refractivity contribution in [3.05, 3.63) is 36.2 Å². The number of carbonyl (C=O) groups excluding carboxylic acids is 1. The molecular weight excluding hydrogens is 194 g/mol. The van der Waals surface area contributed by atoms with Gasteiger partial charge in [0.05, 0.1) is 12.7 Å².